The molecule has 8 nitrogen and oxygen atoms in total. The van der Waals surface area contributed by atoms with E-state index in [0.29, 0.717) is 37.4 Å². The molecule has 2 aromatic rings. The molecule has 1 fully saturated rings. The van der Waals surface area contributed by atoms with Crippen molar-refractivity contribution < 1.29 is 9.59 Å². The van der Waals surface area contributed by atoms with Crippen molar-refractivity contribution in [2.75, 3.05) is 19.6 Å². The van der Waals surface area contributed by atoms with Crippen molar-refractivity contribution in [2.24, 2.45) is 5.73 Å². The van der Waals surface area contributed by atoms with Gasteiger partial charge in [-0.2, -0.15) is 0 Å². The molecular formula is C18H24N6O2. The molecule has 0 radical (unpaired) electrons. The summed E-state index contributed by atoms with van der Waals surface area (Å²) in [6.45, 7) is 1.48. The summed E-state index contributed by atoms with van der Waals surface area (Å²) in [5, 5.41) is 2.88. The number of pyridine rings is 1. The quantitative estimate of drug-likeness (QED) is 0.793. The van der Waals surface area contributed by atoms with Crippen LogP contribution in [0.15, 0.2) is 37.1 Å². The summed E-state index contributed by atoms with van der Waals surface area (Å²) >= 11 is 0. The maximum absolute atomic E-state index is 12.9. The Bertz CT molecular complexity index is 729. The van der Waals surface area contributed by atoms with E-state index in [2.05, 4.69) is 15.3 Å². The Morgan fingerprint density at radius 2 is 2.19 bits per heavy atom. The Morgan fingerprint density at radius 3 is 2.88 bits per heavy atom. The summed E-state index contributed by atoms with van der Waals surface area (Å²) < 4.78 is 1.78. The second kappa shape index (κ2) is 8.57. The molecule has 0 saturated carbocycles. The highest BCUT2D eigenvalue weighted by atomic mass is 16.2. The number of likely N-dealkylation sites (tertiary alicyclic amines) is 1. The van der Waals surface area contributed by atoms with Crippen LogP contribution < -0.4 is 11.1 Å². The molecule has 1 saturated heterocycles. The highest BCUT2D eigenvalue weighted by Crippen LogP contribution is 2.19. The summed E-state index contributed by atoms with van der Waals surface area (Å²) in [4.78, 5) is 34.8. The normalized spacial score (nSPS) is 17.1. The van der Waals surface area contributed by atoms with Gasteiger partial charge in [-0.1, -0.05) is 0 Å². The molecule has 1 atom stereocenters. The molecule has 2 amide bonds. The van der Waals surface area contributed by atoms with Gasteiger partial charge in [0.1, 0.15) is 12.1 Å². The van der Waals surface area contributed by atoms with Crippen LogP contribution in [0.1, 0.15) is 36.0 Å². The van der Waals surface area contributed by atoms with Crippen molar-refractivity contribution in [3.8, 4) is 5.82 Å². The molecule has 8 heteroatoms. The summed E-state index contributed by atoms with van der Waals surface area (Å²) in [7, 11) is 0. The largest absolute Gasteiger partial charge is 0.354 e. The predicted molar refractivity (Wildman–Crippen MR) is 96.7 cm³/mol. The third-order valence-corrected chi connectivity index (χ3v) is 4.56. The number of rotatable bonds is 6. The van der Waals surface area contributed by atoms with E-state index in [-0.39, 0.29) is 17.9 Å². The van der Waals surface area contributed by atoms with Crippen LogP contribution in [-0.2, 0) is 4.79 Å². The molecule has 138 valence electrons. The zero-order chi connectivity index (χ0) is 18.4. The molecule has 3 N–H and O–H groups in total. The Kier molecular flexibility index (Phi) is 5.96. The molecule has 26 heavy (non-hydrogen) atoms. The van der Waals surface area contributed by atoms with Crippen molar-refractivity contribution in [1.82, 2.24) is 24.8 Å². The average molecular weight is 356 g/mol. The predicted octanol–water partition coefficient (Wildman–Crippen LogP) is 0.727. The minimum Gasteiger partial charge on any atom is -0.354 e. The molecule has 3 heterocycles. The number of piperidine rings is 1. The molecule has 1 aliphatic rings. The fourth-order valence-corrected chi connectivity index (χ4v) is 3.16. The average Bonchev–Trinajstić information content (AvgIpc) is 3.21. The fourth-order valence-electron chi connectivity index (χ4n) is 3.16. The summed E-state index contributed by atoms with van der Waals surface area (Å²) in [6.07, 6.45) is 9.95. The minimum atomic E-state index is -0.0724. The van der Waals surface area contributed by atoms with Gasteiger partial charge in [0.15, 0.2) is 0 Å². The highest BCUT2D eigenvalue weighted by molar-refractivity contribution is 5.94. The maximum Gasteiger partial charge on any atom is 0.255 e. The molecule has 1 unspecified atom stereocenters. The lowest BCUT2D eigenvalue weighted by Gasteiger charge is -2.36. The third kappa shape index (κ3) is 4.26. The van der Waals surface area contributed by atoms with Gasteiger partial charge in [0.2, 0.25) is 5.91 Å². The van der Waals surface area contributed by atoms with Gasteiger partial charge < -0.3 is 16.0 Å². The van der Waals surface area contributed by atoms with E-state index in [9.17, 15) is 9.59 Å². The first-order valence-electron chi connectivity index (χ1n) is 8.91. The number of nitrogens with zero attached hydrogens (tertiary/aromatic N) is 4. The van der Waals surface area contributed by atoms with Crippen LogP contribution in [0.4, 0.5) is 0 Å². The lowest BCUT2D eigenvalue weighted by Crippen LogP contribution is -2.49. The molecule has 0 aliphatic carbocycles. The first-order valence-corrected chi connectivity index (χ1v) is 8.91. The van der Waals surface area contributed by atoms with Crippen LogP contribution in [0.5, 0.6) is 0 Å². The van der Waals surface area contributed by atoms with E-state index in [0.717, 1.165) is 19.3 Å². The van der Waals surface area contributed by atoms with Crippen molar-refractivity contribution in [3.05, 3.63) is 42.6 Å². The number of nitrogens with one attached hydrogen (secondary N) is 1. The van der Waals surface area contributed by atoms with Crippen LogP contribution in [0, 0.1) is 0 Å². The van der Waals surface area contributed by atoms with Crippen molar-refractivity contribution in [3.63, 3.8) is 0 Å². The van der Waals surface area contributed by atoms with E-state index in [1.54, 1.807) is 41.6 Å². The Balaban J connectivity index is 1.67. The molecule has 0 aromatic carbocycles. The highest BCUT2D eigenvalue weighted by Gasteiger charge is 2.27. The van der Waals surface area contributed by atoms with Gasteiger partial charge in [0.25, 0.3) is 5.91 Å². The first kappa shape index (κ1) is 18.1. The topological polar surface area (TPSA) is 106 Å². The smallest absolute Gasteiger partial charge is 0.255 e. The lowest BCUT2D eigenvalue weighted by atomic mass is 10.0. The van der Waals surface area contributed by atoms with Crippen molar-refractivity contribution in [2.45, 2.75) is 31.7 Å². The van der Waals surface area contributed by atoms with Crippen molar-refractivity contribution in [1.29, 1.82) is 0 Å². The summed E-state index contributed by atoms with van der Waals surface area (Å²) in [5.74, 6) is 0.590. The van der Waals surface area contributed by atoms with E-state index >= 15 is 0 Å². The number of amides is 2. The molecule has 0 spiro atoms. The van der Waals surface area contributed by atoms with Crippen LogP contribution in [0.3, 0.4) is 0 Å². The molecule has 3 rings (SSSR count). The van der Waals surface area contributed by atoms with Crippen LogP contribution in [0.2, 0.25) is 0 Å². The second-order valence-corrected chi connectivity index (χ2v) is 6.37. The standard InChI is InChI=1S/C18H24N6O2/c19-7-6-17(25)22-12-15-3-1-2-9-24(15)18(26)14-4-5-16(21-11-14)23-10-8-20-13-23/h4-5,8,10-11,13,15H,1-3,6-7,9,12,19H2,(H,22,25). The Morgan fingerprint density at radius 1 is 1.31 bits per heavy atom. The van der Waals surface area contributed by atoms with E-state index in [1.165, 1.54) is 0 Å². The zero-order valence-corrected chi connectivity index (χ0v) is 14.7. The van der Waals surface area contributed by atoms with Gasteiger partial charge in [0.05, 0.1) is 5.56 Å². The van der Waals surface area contributed by atoms with E-state index in [4.69, 9.17) is 5.73 Å². The van der Waals surface area contributed by atoms with E-state index < -0.39 is 0 Å². The maximum atomic E-state index is 12.9. The van der Waals surface area contributed by atoms with Crippen LogP contribution in [0.25, 0.3) is 5.82 Å². The zero-order valence-electron chi connectivity index (χ0n) is 14.7. The molecule has 1 aliphatic heterocycles. The third-order valence-electron chi connectivity index (χ3n) is 4.56. The number of hydrogen-bond acceptors (Lipinski definition) is 5. The summed E-state index contributed by atoms with van der Waals surface area (Å²) in [6, 6.07) is 3.59. The number of hydrogen-bond donors (Lipinski definition) is 2. The van der Waals surface area contributed by atoms with Gasteiger partial charge >= 0.3 is 0 Å². The van der Waals surface area contributed by atoms with Gasteiger partial charge in [-0.3, -0.25) is 14.2 Å². The Labute approximate surface area is 152 Å². The second-order valence-electron chi connectivity index (χ2n) is 6.37. The van der Waals surface area contributed by atoms with Crippen LogP contribution >= 0.6 is 0 Å². The van der Waals surface area contributed by atoms with Crippen molar-refractivity contribution >= 4 is 11.8 Å². The van der Waals surface area contributed by atoms with Gasteiger partial charge in [0, 0.05) is 50.7 Å². The monoisotopic (exact) mass is 356 g/mol. The SMILES string of the molecule is NCCC(=O)NCC1CCCCN1C(=O)c1ccc(-n2ccnc2)nc1. The molecule has 0 bridgehead atoms. The number of carbonyl (C=O) groups is 2. The number of carbonyl (C=O) groups excluding carboxylic acids is 2. The summed E-state index contributed by atoms with van der Waals surface area (Å²) in [5.41, 5.74) is 5.95. The first-order chi connectivity index (χ1) is 12.7. The van der Waals surface area contributed by atoms with Gasteiger partial charge in [-0.25, -0.2) is 9.97 Å². The van der Waals surface area contributed by atoms with Crippen LogP contribution in [-0.4, -0.2) is 56.9 Å². The minimum absolute atomic E-state index is 0.00583. The number of aromatic nitrogens is 3. The fraction of sp³-hybridized carbons (Fsp3) is 0.444. The van der Waals surface area contributed by atoms with E-state index in [1.807, 2.05) is 4.90 Å². The molecule has 2 aromatic heterocycles. The number of imidazole rings is 1. The molecular weight excluding hydrogens is 332 g/mol. The number of nitrogens with two attached hydrogens (primary N) is 1. The van der Waals surface area contributed by atoms with Gasteiger partial charge in [-0.05, 0) is 31.4 Å². The lowest BCUT2D eigenvalue weighted by molar-refractivity contribution is -0.121. The Hall–Kier alpha value is -2.74. The van der Waals surface area contributed by atoms with Gasteiger partial charge in [-0.15, -0.1) is 0 Å².